The molecule has 0 radical (unpaired) electrons. The standard InChI is InChI=1S/C14H26N2O2/c17-12-7-5-11(6-8-12)10-16-14(18)13-4-2-1-3-9-15-13/h11-13,15,17H,1-10H2,(H,16,18). The molecule has 3 N–H and O–H groups in total. The van der Waals surface area contributed by atoms with Crippen molar-refractivity contribution >= 4 is 5.91 Å². The molecule has 1 atom stereocenters. The first kappa shape index (κ1) is 13.8. The highest BCUT2D eigenvalue weighted by atomic mass is 16.3. The van der Waals surface area contributed by atoms with Crippen LogP contribution >= 0.6 is 0 Å². The molecule has 0 aromatic heterocycles. The van der Waals surface area contributed by atoms with E-state index < -0.39 is 0 Å². The minimum atomic E-state index is -0.111. The van der Waals surface area contributed by atoms with Gasteiger partial charge in [0.05, 0.1) is 12.1 Å². The highest BCUT2D eigenvalue weighted by Crippen LogP contribution is 2.23. The smallest absolute Gasteiger partial charge is 0.237 e. The van der Waals surface area contributed by atoms with E-state index in [2.05, 4.69) is 10.6 Å². The third-order valence-electron chi connectivity index (χ3n) is 4.26. The normalized spacial score (nSPS) is 33.7. The first-order valence-corrected chi connectivity index (χ1v) is 7.45. The maximum atomic E-state index is 12.0. The van der Waals surface area contributed by atoms with Gasteiger partial charge in [-0.3, -0.25) is 4.79 Å². The van der Waals surface area contributed by atoms with Gasteiger partial charge in [-0.05, 0) is 51.0 Å². The van der Waals surface area contributed by atoms with Crippen molar-refractivity contribution in [3.8, 4) is 0 Å². The largest absolute Gasteiger partial charge is 0.393 e. The SMILES string of the molecule is O=C(NCC1CCC(O)CC1)C1CCCCCN1. The van der Waals surface area contributed by atoms with Crippen LogP contribution in [0.2, 0.25) is 0 Å². The van der Waals surface area contributed by atoms with Crippen LogP contribution in [0.15, 0.2) is 0 Å². The van der Waals surface area contributed by atoms with Crippen molar-refractivity contribution < 1.29 is 9.90 Å². The topological polar surface area (TPSA) is 61.4 Å². The van der Waals surface area contributed by atoms with E-state index in [0.29, 0.717) is 5.92 Å². The van der Waals surface area contributed by atoms with E-state index in [-0.39, 0.29) is 18.1 Å². The van der Waals surface area contributed by atoms with E-state index in [0.717, 1.165) is 51.6 Å². The number of aliphatic hydroxyl groups is 1. The Morgan fingerprint density at radius 2 is 1.89 bits per heavy atom. The van der Waals surface area contributed by atoms with Crippen LogP contribution in [0.25, 0.3) is 0 Å². The quantitative estimate of drug-likeness (QED) is 0.709. The van der Waals surface area contributed by atoms with Crippen LogP contribution in [0, 0.1) is 5.92 Å². The second-order valence-electron chi connectivity index (χ2n) is 5.78. The maximum absolute atomic E-state index is 12.0. The van der Waals surface area contributed by atoms with Crippen LogP contribution in [0.5, 0.6) is 0 Å². The van der Waals surface area contributed by atoms with Gasteiger partial charge < -0.3 is 15.7 Å². The number of carbonyl (C=O) groups excluding carboxylic acids is 1. The fraction of sp³-hybridized carbons (Fsp3) is 0.929. The van der Waals surface area contributed by atoms with Gasteiger partial charge >= 0.3 is 0 Å². The summed E-state index contributed by atoms with van der Waals surface area (Å²) in [5.74, 6) is 0.728. The van der Waals surface area contributed by atoms with Crippen LogP contribution in [-0.4, -0.2) is 36.2 Å². The zero-order chi connectivity index (χ0) is 12.8. The zero-order valence-corrected chi connectivity index (χ0v) is 11.2. The molecule has 18 heavy (non-hydrogen) atoms. The number of rotatable bonds is 3. The second kappa shape index (κ2) is 7.10. The van der Waals surface area contributed by atoms with Crippen molar-refractivity contribution in [3.63, 3.8) is 0 Å². The van der Waals surface area contributed by atoms with Crippen LogP contribution in [-0.2, 0) is 4.79 Å². The summed E-state index contributed by atoms with van der Waals surface area (Å²) in [6.45, 7) is 1.75. The minimum Gasteiger partial charge on any atom is -0.393 e. The molecule has 0 aromatic rings. The summed E-state index contributed by atoms with van der Waals surface area (Å²) in [4.78, 5) is 12.0. The first-order chi connectivity index (χ1) is 8.75. The van der Waals surface area contributed by atoms with Crippen LogP contribution in [0.1, 0.15) is 51.4 Å². The van der Waals surface area contributed by atoms with Crippen molar-refractivity contribution in [1.29, 1.82) is 0 Å². The van der Waals surface area contributed by atoms with Gasteiger partial charge in [-0.15, -0.1) is 0 Å². The van der Waals surface area contributed by atoms with E-state index in [1.165, 1.54) is 12.8 Å². The number of carbonyl (C=O) groups is 1. The number of hydrogen-bond acceptors (Lipinski definition) is 3. The van der Waals surface area contributed by atoms with Crippen molar-refractivity contribution in [2.45, 2.75) is 63.5 Å². The van der Waals surface area contributed by atoms with Gasteiger partial charge in [0.25, 0.3) is 0 Å². The van der Waals surface area contributed by atoms with E-state index in [4.69, 9.17) is 0 Å². The molecule has 2 aliphatic rings. The molecule has 0 bridgehead atoms. The summed E-state index contributed by atoms with van der Waals surface area (Å²) >= 11 is 0. The van der Waals surface area contributed by atoms with E-state index in [1.54, 1.807) is 0 Å². The predicted molar refractivity (Wildman–Crippen MR) is 71.2 cm³/mol. The zero-order valence-electron chi connectivity index (χ0n) is 11.2. The lowest BCUT2D eigenvalue weighted by molar-refractivity contribution is -0.123. The highest BCUT2D eigenvalue weighted by Gasteiger charge is 2.22. The Hall–Kier alpha value is -0.610. The Bertz CT molecular complexity index is 255. The Kier molecular flexibility index (Phi) is 5.45. The summed E-state index contributed by atoms with van der Waals surface area (Å²) in [5.41, 5.74) is 0. The molecule has 1 heterocycles. The Morgan fingerprint density at radius 3 is 2.67 bits per heavy atom. The Morgan fingerprint density at radius 1 is 1.11 bits per heavy atom. The molecular formula is C14H26N2O2. The number of amides is 1. The summed E-state index contributed by atoms with van der Waals surface area (Å²) in [7, 11) is 0. The predicted octanol–water partition coefficient (Wildman–Crippen LogP) is 1.19. The molecule has 4 nitrogen and oxygen atoms in total. The van der Waals surface area contributed by atoms with Crippen LogP contribution in [0.3, 0.4) is 0 Å². The number of aliphatic hydroxyl groups excluding tert-OH is 1. The van der Waals surface area contributed by atoms with Gasteiger partial charge in [-0.25, -0.2) is 0 Å². The van der Waals surface area contributed by atoms with E-state index in [9.17, 15) is 9.90 Å². The molecule has 1 saturated carbocycles. The van der Waals surface area contributed by atoms with Gasteiger partial charge in [-0.1, -0.05) is 12.8 Å². The molecule has 1 amide bonds. The molecular weight excluding hydrogens is 228 g/mol. The molecule has 1 aliphatic carbocycles. The molecule has 4 heteroatoms. The molecule has 104 valence electrons. The van der Waals surface area contributed by atoms with E-state index in [1.807, 2.05) is 0 Å². The highest BCUT2D eigenvalue weighted by molar-refractivity contribution is 5.81. The van der Waals surface area contributed by atoms with Crippen molar-refractivity contribution in [2.75, 3.05) is 13.1 Å². The van der Waals surface area contributed by atoms with Crippen molar-refractivity contribution in [1.82, 2.24) is 10.6 Å². The fourth-order valence-corrected chi connectivity index (χ4v) is 2.97. The van der Waals surface area contributed by atoms with Gasteiger partial charge in [-0.2, -0.15) is 0 Å². The average Bonchev–Trinajstić information content (AvgIpc) is 2.66. The summed E-state index contributed by atoms with van der Waals surface area (Å²) in [6, 6.07) is 0.0154. The van der Waals surface area contributed by atoms with Crippen molar-refractivity contribution in [3.05, 3.63) is 0 Å². The van der Waals surface area contributed by atoms with Gasteiger partial charge in [0.15, 0.2) is 0 Å². The molecule has 0 spiro atoms. The molecule has 2 fully saturated rings. The van der Waals surface area contributed by atoms with E-state index >= 15 is 0 Å². The third-order valence-corrected chi connectivity index (χ3v) is 4.26. The lowest BCUT2D eigenvalue weighted by Crippen LogP contribution is -2.45. The fourth-order valence-electron chi connectivity index (χ4n) is 2.97. The molecule has 1 unspecified atom stereocenters. The van der Waals surface area contributed by atoms with Crippen molar-refractivity contribution in [2.24, 2.45) is 5.92 Å². The average molecular weight is 254 g/mol. The van der Waals surface area contributed by atoms with Crippen LogP contribution in [0.4, 0.5) is 0 Å². The Labute approximate surface area is 110 Å². The molecule has 0 aromatic carbocycles. The van der Waals surface area contributed by atoms with Gasteiger partial charge in [0.2, 0.25) is 5.91 Å². The summed E-state index contributed by atoms with van der Waals surface area (Å²) in [6.07, 6.45) is 8.29. The van der Waals surface area contributed by atoms with Gasteiger partial charge in [0, 0.05) is 6.54 Å². The lowest BCUT2D eigenvalue weighted by Gasteiger charge is -2.26. The van der Waals surface area contributed by atoms with Gasteiger partial charge in [0.1, 0.15) is 0 Å². The minimum absolute atomic E-state index is 0.0154. The Balaban J connectivity index is 1.67. The number of nitrogens with one attached hydrogen (secondary N) is 2. The molecule has 1 aliphatic heterocycles. The summed E-state index contributed by atoms with van der Waals surface area (Å²) in [5, 5.41) is 15.8. The second-order valence-corrected chi connectivity index (χ2v) is 5.78. The third kappa shape index (κ3) is 4.25. The molecule has 1 saturated heterocycles. The first-order valence-electron chi connectivity index (χ1n) is 7.45. The van der Waals surface area contributed by atoms with Crippen LogP contribution < -0.4 is 10.6 Å². The number of hydrogen-bond donors (Lipinski definition) is 3. The molecule has 2 rings (SSSR count). The summed E-state index contributed by atoms with van der Waals surface area (Å²) < 4.78 is 0. The maximum Gasteiger partial charge on any atom is 0.237 e. The monoisotopic (exact) mass is 254 g/mol. The lowest BCUT2D eigenvalue weighted by atomic mass is 9.87.